The number of nitrogens with zero attached hydrogens (tertiary/aromatic N) is 5. The lowest BCUT2D eigenvalue weighted by Crippen LogP contribution is -2.47. The number of nitriles is 1. The molecule has 0 radical (unpaired) electrons. The normalized spacial score (nSPS) is 15.3. The van der Waals surface area contributed by atoms with Crippen molar-refractivity contribution in [1.29, 1.82) is 5.26 Å². The van der Waals surface area contributed by atoms with Gasteiger partial charge >= 0.3 is 0 Å². The molecule has 2 aromatic heterocycles. The third kappa shape index (κ3) is 4.08. The van der Waals surface area contributed by atoms with E-state index < -0.39 is 5.54 Å². The number of benzene rings is 2. The quantitative estimate of drug-likeness (QED) is 0.395. The van der Waals surface area contributed by atoms with E-state index in [4.69, 9.17) is 0 Å². The van der Waals surface area contributed by atoms with Gasteiger partial charge in [-0.15, -0.1) is 10.2 Å². The molecular formula is C26H26N6O2S. The van der Waals surface area contributed by atoms with Gasteiger partial charge in [0, 0.05) is 0 Å². The van der Waals surface area contributed by atoms with Gasteiger partial charge in [0.15, 0.2) is 5.16 Å². The fourth-order valence-electron chi connectivity index (χ4n) is 4.51. The number of para-hydroxylation sites is 2. The van der Waals surface area contributed by atoms with Crippen LogP contribution < -0.4 is 10.9 Å². The first kappa shape index (κ1) is 23.1. The van der Waals surface area contributed by atoms with Crippen LogP contribution in [-0.2, 0) is 4.79 Å². The lowest BCUT2D eigenvalue weighted by molar-refractivity contribution is -0.119. The highest BCUT2D eigenvalue weighted by molar-refractivity contribution is 7.99. The Morgan fingerprint density at radius 2 is 1.91 bits per heavy atom. The van der Waals surface area contributed by atoms with E-state index in [1.807, 2.05) is 46.9 Å². The van der Waals surface area contributed by atoms with E-state index in [0.29, 0.717) is 21.8 Å². The molecule has 2 heterocycles. The summed E-state index contributed by atoms with van der Waals surface area (Å²) in [5, 5.41) is 22.2. The van der Waals surface area contributed by atoms with Crippen LogP contribution in [0.3, 0.4) is 0 Å². The molecule has 2 aromatic carbocycles. The SMILES string of the molecule is CC(C)c1ccccc1-n1c(=O)c2ccccc2n2c(SCC(=O)NC(C)(C#N)C3CC3)nnc12. The fourth-order valence-corrected chi connectivity index (χ4v) is 5.25. The predicted molar refractivity (Wildman–Crippen MR) is 136 cm³/mol. The highest BCUT2D eigenvalue weighted by atomic mass is 32.2. The van der Waals surface area contributed by atoms with Crippen molar-refractivity contribution < 1.29 is 4.79 Å². The van der Waals surface area contributed by atoms with Gasteiger partial charge in [-0.25, -0.2) is 4.57 Å². The number of carbonyl (C=O) groups is 1. The van der Waals surface area contributed by atoms with Gasteiger partial charge in [-0.3, -0.25) is 14.0 Å². The van der Waals surface area contributed by atoms with Crippen molar-refractivity contribution in [2.24, 2.45) is 5.92 Å². The summed E-state index contributed by atoms with van der Waals surface area (Å²) in [5.41, 5.74) is 1.45. The van der Waals surface area contributed by atoms with Gasteiger partial charge in [-0.05, 0) is 55.4 Å². The molecule has 5 rings (SSSR count). The topological polar surface area (TPSA) is 105 Å². The van der Waals surface area contributed by atoms with Gasteiger partial charge in [0.1, 0.15) is 5.54 Å². The van der Waals surface area contributed by atoms with Crippen molar-refractivity contribution in [2.75, 3.05) is 5.75 Å². The van der Waals surface area contributed by atoms with E-state index >= 15 is 0 Å². The van der Waals surface area contributed by atoms with Crippen LogP contribution in [0.15, 0.2) is 58.5 Å². The lowest BCUT2D eigenvalue weighted by atomic mass is 9.98. The second-order valence-corrected chi connectivity index (χ2v) is 10.4. The number of rotatable bonds is 7. The summed E-state index contributed by atoms with van der Waals surface area (Å²) in [7, 11) is 0. The van der Waals surface area contributed by atoms with Crippen LogP contribution in [0, 0.1) is 17.2 Å². The molecule has 1 amide bonds. The Morgan fingerprint density at radius 3 is 2.63 bits per heavy atom. The van der Waals surface area contributed by atoms with Crippen molar-refractivity contribution in [3.05, 3.63) is 64.4 Å². The van der Waals surface area contributed by atoms with Crippen LogP contribution >= 0.6 is 11.8 Å². The highest BCUT2D eigenvalue weighted by Crippen LogP contribution is 2.39. The molecule has 1 atom stereocenters. The average Bonchev–Trinajstić information content (AvgIpc) is 3.64. The summed E-state index contributed by atoms with van der Waals surface area (Å²) in [6.07, 6.45) is 1.90. The Labute approximate surface area is 207 Å². The van der Waals surface area contributed by atoms with Crippen LogP contribution in [0.5, 0.6) is 0 Å². The van der Waals surface area contributed by atoms with E-state index in [9.17, 15) is 14.9 Å². The largest absolute Gasteiger partial charge is 0.337 e. The number of amides is 1. The van der Waals surface area contributed by atoms with Gasteiger partial charge in [0.2, 0.25) is 11.7 Å². The highest BCUT2D eigenvalue weighted by Gasteiger charge is 2.43. The second kappa shape index (κ2) is 8.86. The summed E-state index contributed by atoms with van der Waals surface area (Å²) in [4.78, 5) is 26.3. The summed E-state index contributed by atoms with van der Waals surface area (Å²) >= 11 is 1.24. The minimum atomic E-state index is -0.849. The van der Waals surface area contributed by atoms with E-state index in [-0.39, 0.29) is 29.1 Å². The van der Waals surface area contributed by atoms with Gasteiger partial charge in [0.25, 0.3) is 5.56 Å². The summed E-state index contributed by atoms with van der Waals surface area (Å²) in [6, 6.07) is 17.4. The maximum absolute atomic E-state index is 13.6. The summed E-state index contributed by atoms with van der Waals surface area (Å²) < 4.78 is 3.44. The molecule has 1 N–H and O–H groups in total. The van der Waals surface area contributed by atoms with Crippen LogP contribution in [-0.4, -0.2) is 36.4 Å². The minimum Gasteiger partial charge on any atom is -0.337 e. The Balaban J connectivity index is 1.59. The smallest absolute Gasteiger partial charge is 0.267 e. The average molecular weight is 487 g/mol. The first-order chi connectivity index (χ1) is 16.8. The zero-order valence-corrected chi connectivity index (χ0v) is 20.7. The number of aromatic nitrogens is 4. The van der Waals surface area contributed by atoms with Gasteiger partial charge in [-0.1, -0.05) is 55.9 Å². The lowest BCUT2D eigenvalue weighted by Gasteiger charge is -2.22. The number of nitrogens with one attached hydrogen (secondary N) is 1. The standard InChI is InChI=1S/C26H26N6O2S/c1-16(2)18-8-4-6-10-20(18)31-23(34)19-9-5-7-11-21(19)32-24(31)29-30-25(32)35-14-22(33)28-26(3,15-27)17-12-13-17/h4-11,16-17H,12-14H2,1-3H3,(H,28,33). The Hall–Kier alpha value is -3.64. The molecular weight excluding hydrogens is 460 g/mol. The van der Waals surface area contributed by atoms with E-state index in [0.717, 1.165) is 24.1 Å². The third-order valence-corrected chi connectivity index (χ3v) is 7.48. The van der Waals surface area contributed by atoms with Crippen molar-refractivity contribution >= 4 is 34.3 Å². The Kier molecular flexibility index (Phi) is 5.85. The molecule has 35 heavy (non-hydrogen) atoms. The number of carbonyl (C=O) groups excluding carboxylic acids is 1. The van der Waals surface area contributed by atoms with Crippen LogP contribution in [0.4, 0.5) is 0 Å². The molecule has 0 bridgehead atoms. The van der Waals surface area contributed by atoms with E-state index in [1.54, 1.807) is 17.6 Å². The molecule has 0 saturated heterocycles. The molecule has 1 aliphatic rings. The van der Waals surface area contributed by atoms with Gasteiger partial charge < -0.3 is 5.32 Å². The van der Waals surface area contributed by atoms with Crippen molar-refractivity contribution in [3.63, 3.8) is 0 Å². The molecule has 0 spiro atoms. The maximum atomic E-state index is 13.6. The molecule has 1 fully saturated rings. The molecule has 0 aliphatic heterocycles. The Bertz CT molecular complexity index is 1550. The van der Waals surface area contributed by atoms with Gasteiger partial charge in [-0.2, -0.15) is 5.26 Å². The number of hydrogen-bond donors (Lipinski definition) is 1. The summed E-state index contributed by atoms with van der Waals surface area (Å²) in [6.45, 7) is 5.95. The van der Waals surface area contributed by atoms with Crippen molar-refractivity contribution in [1.82, 2.24) is 24.5 Å². The van der Waals surface area contributed by atoms with Crippen molar-refractivity contribution in [2.45, 2.75) is 50.2 Å². The first-order valence-electron chi connectivity index (χ1n) is 11.7. The molecule has 8 nitrogen and oxygen atoms in total. The van der Waals surface area contributed by atoms with Crippen molar-refractivity contribution in [3.8, 4) is 11.8 Å². The third-order valence-electron chi connectivity index (χ3n) is 6.55. The fraction of sp³-hybridized carbons (Fsp3) is 0.346. The number of thioether (sulfide) groups is 1. The monoisotopic (exact) mass is 486 g/mol. The summed E-state index contributed by atoms with van der Waals surface area (Å²) in [5.74, 6) is 0.650. The number of fused-ring (bicyclic) bond motifs is 3. The zero-order valence-electron chi connectivity index (χ0n) is 19.9. The molecule has 1 saturated carbocycles. The number of hydrogen-bond acceptors (Lipinski definition) is 6. The minimum absolute atomic E-state index is 0.0841. The molecule has 1 unspecified atom stereocenters. The van der Waals surface area contributed by atoms with Crippen LogP contribution in [0.25, 0.3) is 22.4 Å². The Morgan fingerprint density at radius 1 is 1.20 bits per heavy atom. The maximum Gasteiger partial charge on any atom is 0.267 e. The van der Waals surface area contributed by atoms with E-state index in [2.05, 4.69) is 35.4 Å². The van der Waals surface area contributed by atoms with E-state index in [1.165, 1.54) is 11.8 Å². The molecule has 4 aromatic rings. The predicted octanol–water partition coefficient (Wildman–Crippen LogP) is 4.06. The first-order valence-corrected chi connectivity index (χ1v) is 12.7. The molecule has 9 heteroatoms. The van der Waals surface area contributed by atoms with Crippen LogP contribution in [0.1, 0.15) is 45.1 Å². The zero-order chi connectivity index (χ0) is 24.7. The molecule has 178 valence electrons. The van der Waals surface area contributed by atoms with Gasteiger partial charge in [0.05, 0.1) is 28.4 Å². The second-order valence-electron chi connectivity index (χ2n) is 9.41. The molecule has 1 aliphatic carbocycles. The van der Waals surface area contributed by atoms with Crippen LogP contribution in [0.2, 0.25) is 0 Å².